The van der Waals surface area contributed by atoms with Gasteiger partial charge in [0.1, 0.15) is 11.8 Å². The summed E-state index contributed by atoms with van der Waals surface area (Å²) in [5.41, 5.74) is 2.04. The van der Waals surface area contributed by atoms with E-state index >= 15 is 0 Å². The Balaban J connectivity index is 2.10. The van der Waals surface area contributed by atoms with Crippen LogP contribution in [0, 0.1) is 0 Å². The molecular formula is C23H30N2O3. The molecule has 0 bridgehead atoms. The van der Waals surface area contributed by atoms with E-state index in [0.29, 0.717) is 19.5 Å². The quantitative estimate of drug-likeness (QED) is 0.686. The van der Waals surface area contributed by atoms with E-state index in [4.69, 9.17) is 4.74 Å². The van der Waals surface area contributed by atoms with Gasteiger partial charge in [0.15, 0.2) is 0 Å². The van der Waals surface area contributed by atoms with Gasteiger partial charge in [-0.15, -0.1) is 0 Å². The van der Waals surface area contributed by atoms with Crippen LogP contribution in [0.25, 0.3) is 0 Å². The topological polar surface area (TPSA) is 58.6 Å². The minimum absolute atomic E-state index is 0.0553. The summed E-state index contributed by atoms with van der Waals surface area (Å²) in [7, 11) is 1.61. The Hall–Kier alpha value is -2.82. The van der Waals surface area contributed by atoms with E-state index in [9.17, 15) is 9.59 Å². The lowest BCUT2D eigenvalue weighted by molar-refractivity contribution is -0.139. The van der Waals surface area contributed by atoms with Gasteiger partial charge in [-0.05, 0) is 43.0 Å². The Morgan fingerprint density at radius 3 is 2.32 bits per heavy atom. The SMILES string of the molecule is CCCNC(=O)C(C)N(CCc1ccccc1)C(=O)Cc1ccc(OC)cc1. The fourth-order valence-corrected chi connectivity index (χ4v) is 2.99. The normalized spacial score (nSPS) is 11.5. The van der Waals surface area contributed by atoms with Crippen LogP contribution in [0.5, 0.6) is 5.75 Å². The molecule has 2 aromatic carbocycles. The third kappa shape index (κ3) is 6.41. The highest BCUT2D eigenvalue weighted by atomic mass is 16.5. The number of carbonyl (C=O) groups is 2. The lowest BCUT2D eigenvalue weighted by Crippen LogP contribution is -2.49. The molecule has 1 unspecified atom stereocenters. The predicted octanol–water partition coefficient (Wildman–Crippen LogP) is 3.22. The van der Waals surface area contributed by atoms with Crippen molar-refractivity contribution in [3.8, 4) is 5.75 Å². The van der Waals surface area contributed by atoms with E-state index in [0.717, 1.165) is 23.3 Å². The maximum absolute atomic E-state index is 13.0. The van der Waals surface area contributed by atoms with E-state index < -0.39 is 6.04 Å². The number of amides is 2. The van der Waals surface area contributed by atoms with Crippen LogP contribution < -0.4 is 10.1 Å². The number of nitrogens with zero attached hydrogens (tertiary/aromatic N) is 1. The number of hydrogen-bond acceptors (Lipinski definition) is 3. The second-order valence-corrected chi connectivity index (χ2v) is 6.81. The van der Waals surface area contributed by atoms with Crippen molar-refractivity contribution in [3.05, 3.63) is 65.7 Å². The first-order valence-corrected chi connectivity index (χ1v) is 9.79. The number of ether oxygens (including phenoxy) is 1. The summed E-state index contributed by atoms with van der Waals surface area (Å²) in [6.45, 7) is 4.91. The van der Waals surface area contributed by atoms with Crippen molar-refractivity contribution in [2.45, 2.75) is 39.2 Å². The molecule has 0 heterocycles. The van der Waals surface area contributed by atoms with E-state index in [-0.39, 0.29) is 18.2 Å². The van der Waals surface area contributed by atoms with Crippen LogP contribution in [-0.4, -0.2) is 43.0 Å². The average molecular weight is 383 g/mol. The van der Waals surface area contributed by atoms with Gasteiger partial charge in [0, 0.05) is 13.1 Å². The van der Waals surface area contributed by atoms with Crippen LogP contribution in [0.4, 0.5) is 0 Å². The van der Waals surface area contributed by atoms with Crippen LogP contribution in [0.2, 0.25) is 0 Å². The van der Waals surface area contributed by atoms with Crippen molar-refractivity contribution >= 4 is 11.8 Å². The summed E-state index contributed by atoms with van der Waals surface area (Å²) < 4.78 is 5.17. The molecule has 0 radical (unpaired) electrons. The first-order chi connectivity index (χ1) is 13.5. The molecule has 150 valence electrons. The zero-order valence-corrected chi connectivity index (χ0v) is 17.0. The summed E-state index contributed by atoms with van der Waals surface area (Å²) in [5, 5.41) is 2.90. The Kier molecular flexibility index (Phi) is 8.53. The van der Waals surface area contributed by atoms with Gasteiger partial charge < -0.3 is 15.0 Å². The highest BCUT2D eigenvalue weighted by molar-refractivity contribution is 5.88. The molecule has 0 aromatic heterocycles. The van der Waals surface area contributed by atoms with Gasteiger partial charge in [0.25, 0.3) is 0 Å². The van der Waals surface area contributed by atoms with Crippen molar-refractivity contribution in [2.24, 2.45) is 0 Å². The molecule has 5 heteroatoms. The number of rotatable bonds is 10. The predicted molar refractivity (Wildman–Crippen MR) is 111 cm³/mol. The van der Waals surface area contributed by atoms with E-state index in [1.54, 1.807) is 18.9 Å². The lowest BCUT2D eigenvalue weighted by atomic mass is 10.1. The van der Waals surface area contributed by atoms with Crippen molar-refractivity contribution in [1.29, 1.82) is 0 Å². The summed E-state index contributed by atoms with van der Waals surface area (Å²) in [5.74, 6) is 0.586. The van der Waals surface area contributed by atoms with Crippen molar-refractivity contribution in [1.82, 2.24) is 10.2 Å². The Bertz CT molecular complexity index is 744. The van der Waals surface area contributed by atoms with Crippen LogP contribution in [0.1, 0.15) is 31.4 Å². The molecule has 2 amide bonds. The molecule has 1 atom stereocenters. The van der Waals surface area contributed by atoms with Crippen LogP contribution in [-0.2, 0) is 22.4 Å². The summed E-state index contributed by atoms with van der Waals surface area (Å²) in [4.78, 5) is 27.2. The Labute approximate surface area is 167 Å². The zero-order valence-electron chi connectivity index (χ0n) is 17.0. The number of carbonyl (C=O) groups excluding carboxylic acids is 2. The van der Waals surface area contributed by atoms with Gasteiger partial charge in [-0.2, -0.15) is 0 Å². The molecule has 0 fully saturated rings. The van der Waals surface area contributed by atoms with Gasteiger partial charge in [-0.3, -0.25) is 9.59 Å². The van der Waals surface area contributed by atoms with Gasteiger partial charge in [0.05, 0.1) is 13.5 Å². The van der Waals surface area contributed by atoms with Gasteiger partial charge >= 0.3 is 0 Å². The van der Waals surface area contributed by atoms with Crippen molar-refractivity contribution < 1.29 is 14.3 Å². The number of nitrogens with one attached hydrogen (secondary N) is 1. The molecule has 2 aromatic rings. The third-order valence-corrected chi connectivity index (χ3v) is 4.72. The van der Waals surface area contributed by atoms with Gasteiger partial charge in [-0.1, -0.05) is 49.4 Å². The van der Waals surface area contributed by atoms with Gasteiger partial charge in [0.2, 0.25) is 11.8 Å². The van der Waals surface area contributed by atoms with Crippen LogP contribution >= 0.6 is 0 Å². The molecule has 28 heavy (non-hydrogen) atoms. The van der Waals surface area contributed by atoms with Crippen molar-refractivity contribution in [3.63, 3.8) is 0 Å². The smallest absolute Gasteiger partial charge is 0.242 e. The zero-order chi connectivity index (χ0) is 20.4. The largest absolute Gasteiger partial charge is 0.497 e. The maximum atomic E-state index is 13.0. The van der Waals surface area contributed by atoms with Gasteiger partial charge in [-0.25, -0.2) is 0 Å². The summed E-state index contributed by atoms with van der Waals surface area (Å²) in [6, 6.07) is 16.9. The molecule has 0 saturated carbocycles. The molecule has 0 aliphatic rings. The molecule has 0 saturated heterocycles. The first kappa shape index (κ1) is 21.5. The molecule has 0 aliphatic heterocycles. The molecule has 0 spiro atoms. The molecule has 5 nitrogen and oxygen atoms in total. The highest BCUT2D eigenvalue weighted by Gasteiger charge is 2.25. The fraction of sp³-hybridized carbons (Fsp3) is 0.391. The first-order valence-electron chi connectivity index (χ1n) is 9.79. The Morgan fingerprint density at radius 1 is 1.04 bits per heavy atom. The monoisotopic (exact) mass is 382 g/mol. The standard InChI is InChI=1S/C23H30N2O3/c1-4-15-24-23(27)18(2)25(16-14-19-8-6-5-7-9-19)22(26)17-20-10-12-21(28-3)13-11-20/h5-13,18H,4,14-17H2,1-3H3,(H,24,27). The fourth-order valence-electron chi connectivity index (χ4n) is 2.99. The summed E-state index contributed by atoms with van der Waals surface area (Å²) in [6.07, 6.45) is 1.83. The van der Waals surface area contributed by atoms with Crippen molar-refractivity contribution in [2.75, 3.05) is 20.2 Å². The molecule has 0 aliphatic carbocycles. The number of hydrogen-bond donors (Lipinski definition) is 1. The third-order valence-electron chi connectivity index (χ3n) is 4.72. The molecule has 2 rings (SSSR count). The van der Waals surface area contributed by atoms with Crippen LogP contribution in [0.15, 0.2) is 54.6 Å². The minimum atomic E-state index is -0.513. The van der Waals surface area contributed by atoms with E-state index in [1.807, 2.05) is 61.5 Å². The highest BCUT2D eigenvalue weighted by Crippen LogP contribution is 2.14. The lowest BCUT2D eigenvalue weighted by Gasteiger charge is -2.29. The van der Waals surface area contributed by atoms with E-state index in [2.05, 4.69) is 5.32 Å². The molecular weight excluding hydrogens is 352 g/mol. The average Bonchev–Trinajstić information content (AvgIpc) is 2.73. The maximum Gasteiger partial charge on any atom is 0.242 e. The Morgan fingerprint density at radius 2 is 1.71 bits per heavy atom. The van der Waals surface area contributed by atoms with Crippen LogP contribution in [0.3, 0.4) is 0 Å². The second kappa shape index (κ2) is 11.1. The minimum Gasteiger partial charge on any atom is -0.497 e. The molecule has 1 N–H and O–H groups in total. The number of methoxy groups -OCH3 is 1. The number of benzene rings is 2. The van der Waals surface area contributed by atoms with E-state index in [1.165, 1.54) is 0 Å². The summed E-state index contributed by atoms with van der Waals surface area (Å²) >= 11 is 0. The second-order valence-electron chi connectivity index (χ2n) is 6.81.